The number of hydrogen-bond acceptors (Lipinski definition) is 4. The number of ether oxygens (including phenoxy) is 1. The fourth-order valence-corrected chi connectivity index (χ4v) is 3.25. The number of esters is 1. The zero-order valence-corrected chi connectivity index (χ0v) is 15.3. The van der Waals surface area contributed by atoms with Crippen molar-refractivity contribution in [2.75, 3.05) is 6.61 Å². The van der Waals surface area contributed by atoms with Crippen molar-refractivity contribution in [1.29, 1.82) is 0 Å². The van der Waals surface area contributed by atoms with Crippen molar-refractivity contribution < 1.29 is 9.53 Å². The van der Waals surface area contributed by atoms with Gasteiger partial charge in [-0.1, -0.05) is 35.9 Å². The summed E-state index contributed by atoms with van der Waals surface area (Å²) in [6.45, 7) is 2.02. The molecule has 7 heteroatoms. The van der Waals surface area contributed by atoms with Gasteiger partial charge in [0.25, 0.3) is 5.56 Å². The number of para-hydroxylation sites is 2. The van der Waals surface area contributed by atoms with Crippen molar-refractivity contribution in [1.82, 2.24) is 14.0 Å². The van der Waals surface area contributed by atoms with Gasteiger partial charge in [0, 0.05) is 16.7 Å². The van der Waals surface area contributed by atoms with Crippen LogP contribution in [0.25, 0.3) is 28.1 Å². The minimum Gasteiger partial charge on any atom is -0.465 e. The van der Waals surface area contributed by atoms with E-state index in [-0.39, 0.29) is 18.1 Å². The van der Waals surface area contributed by atoms with Crippen LogP contribution in [0.3, 0.4) is 0 Å². The Morgan fingerprint density at radius 2 is 1.81 bits per heavy atom. The smallest absolute Gasteiger partial charge is 0.326 e. The van der Waals surface area contributed by atoms with Crippen molar-refractivity contribution >= 4 is 34.4 Å². The average Bonchev–Trinajstić information content (AvgIpc) is 2.97. The number of halogens is 1. The molecule has 2 aromatic heterocycles. The molecule has 0 spiro atoms. The standard InChI is InChI=1S/C20H16ClN3O3/c1-2-27-19(26)12-23-16-5-3-4-6-17(16)24-18(25)11-15(22-20(23)24)13-7-9-14(21)10-8-13/h3-11H,2,12H2,1H3. The fraction of sp³-hybridized carbons (Fsp3) is 0.150. The minimum atomic E-state index is -0.383. The molecule has 0 amide bonds. The van der Waals surface area contributed by atoms with Crippen LogP contribution in [0.5, 0.6) is 0 Å². The van der Waals surface area contributed by atoms with Crippen LogP contribution in [0.15, 0.2) is 59.4 Å². The third kappa shape index (κ3) is 3.08. The second-order valence-corrected chi connectivity index (χ2v) is 6.44. The Labute approximate surface area is 159 Å². The predicted octanol–water partition coefficient (Wildman–Crippen LogP) is 3.53. The number of hydrogen-bond donors (Lipinski definition) is 0. The quantitative estimate of drug-likeness (QED) is 0.507. The highest BCUT2D eigenvalue weighted by molar-refractivity contribution is 6.30. The van der Waals surface area contributed by atoms with E-state index < -0.39 is 0 Å². The van der Waals surface area contributed by atoms with E-state index >= 15 is 0 Å². The predicted molar refractivity (Wildman–Crippen MR) is 104 cm³/mol. The number of imidazole rings is 1. The first kappa shape index (κ1) is 17.3. The summed E-state index contributed by atoms with van der Waals surface area (Å²) in [5.41, 5.74) is 2.50. The zero-order chi connectivity index (χ0) is 19.0. The molecule has 4 aromatic rings. The Hall–Kier alpha value is -3.12. The third-order valence-electron chi connectivity index (χ3n) is 4.29. The Balaban J connectivity index is 1.99. The number of nitrogens with zero attached hydrogens (tertiary/aromatic N) is 3. The molecular formula is C20H16ClN3O3. The molecule has 2 aromatic carbocycles. The normalized spacial score (nSPS) is 11.2. The second-order valence-electron chi connectivity index (χ2n) is 6.00. The zero-order valence-electron chi connectivity index (χ0n) is 14.6. The van der Waals surface area contributed by atoms with Crippen molar-refractivity contribution in [3.05, 3.63) is 70.0 Å². The summed E-state index contributed by atoms with van der Waals surface area (Å²) < 4.78 is 8.29. The van der Waals surface area contributed by atoms with Gasteiger partial charge in [-0.2, -0.15) is 0 Å². The molecule has 0 radical (unpaired) electrons. The number of fused-ring (bicyclic) bond motifs is 3. The fourth-order valence-electron chi connectivity index (χ4n) is 3.13. The lowest BCUT2D eigenvalue weighted by atomic mass is 10.1. The molecule has 4 rings (SSSR count). The van der Waals surface area contributed by atoms with Gasteiger partial charge in [-0.05, 0) is 31.2 Å². The van der Waals surface area contributed by atoms with Crippen LogP contribution in [0, 0.1) is 0 Å². The van der Waals surface area contributed by atoms with Crippen LogP contribution in [0.4, 0.5) is 0 Å². The Bertz CT molecular complexity index is 1210. The van der Waals surface area contributed by atoms with E-state index in [1.54, 1.807) is 35.8 Å². The Kier molecular flexibility index (Phi) is 4.41. The first-order valence-electron chi connectivity index (χ1n) is 8.51. The van der Waals surface area contributed by atoms with Gasteiger partial charge in [0.15, 0.2) is 0 Å². The van der Waals surface area contributed by atoms with Gasteiger partial charge in [0.1, 0.15) is 6.54 Å². The van der Waals surface area contributed by atoms with Gasteiger partial charge < -0.3 is 4.74 Å². The summed E-state index contributed by atoms with van der Waals surface area (Å²) in [5, 5.41) is 0.605. The highest BCUT2D eigenvalue weighted by Crippen LogP contribution is 2.23. The van der Waals surface area contributed by atoms with Crippen molar-refractivity contribution in [2.24, 2.45) is 0 Å². The van der Waals surface area contributed by atoms with E-state index in [0.29, 0.717) is 28.6 Å². The van der Waals surface area contributed by atoms with Gasteiger partial charge in [-0.15, -0.1) is 0 Å². The van der Waals surface area contributed by atoms with Crippen molar-refractivity contribution in [3.8, 4) is 11.3 Å². The molecule has 0 bridgehead atoms. The highest BCUT2D eigenvalue weighted by Gasteiger charge is 2.17. The third-order valence-corrected chi connectivity index (χ3v) is 4.54. The summed E-state index contributed by atoms with van der Waals surface area (Å²) in [6, 6.07) is 16.0. The molecule has 0 aliphatic rings. The van der Waals surface area contributed by atoms with Gasteiger partial charge >= 0.3 is 5.97 Å². The topological polar surface area (TPSA) is 65.6 Å². The lowest BCUT2D eigenvalue weighted by Gasteiger charge is -2.07. The largest absolute Gasteiger partial charge is 0.465 e. The SMILES string of the molecule is CCOC(=O)Cn1c2ccccc2n2c(=O)cc(-c3ccc(Cl)cc3)nc12. The maximum atomic E-state index is 12.8. The van der Waals surface area contributed by atoms with Crippen LogP contribution in [0.2, 0.25) is 5.02 Å². The van der Waals surface area contributed by atoms with Gasteiger partial charge in [-0.25, -0.2) is 9.38 Å². The minimum absolute atomic E-state index is 0.0264. The molecule has 0 atom stereocenters. The first-order valence-corrected chi connectivity index (χ1v) is 8.89. The van der Waals surface area contributed by atoms with Crippen LogP contribution in [-0.4, -0.2) is 26.5 Å². The molecule has 27 heavy (non-hydrogen) atoms. The van der Waals surface area contributed by atoms with Gasteiger partial charge in [0.05, 0.1) is 23.3 Å². The van der Waals surface area contributed by atoms with Gasteiger partial charge in [-0.3, -0.25) is 14.2 Å². The molecule has 0 unspecified atom stereocenters. The van der Waals surface area contributed by atoms with E-state index in [1.807, 2.05) is 24.3 Å². The maximum Gasteiger partial charge on any atom is 0.326 e. The molecule has 136 valence electrons. The maximum absolute atomic E-state index is 12.8. The summed E-state index contributed by atoms with van der Waals surface area (Å²) in [6.07, 6.45) is 0. The monoisotopic (exact) mass is 381 g/mol. The number of rotatable bonds is 4. The second kappa shape index (κ2) is 6.89. The van der Waals surface area contributed by atoms with Crippen molar-refractivity contribution in [2.45, 2.75) is 13.5 Å². The Morgan fingerprint density at radius 3 is 2.52 bits per heavy atom. The van der Waals surface area contributed by atoms with E-state index in [2.05, 4.69) is 4.98 Å². The molecule has 6 nitrogen and oxygen atoms in total. The summed E-state index contributed by atoms with van der Waals surface area (Å²) in [4.78, 5) is 29.6. The first-order chi connectivity index (χ1) is 13.1. The molecule has 0 aliphatic heterocycles. The summed E-state index contributed by atoms with van der Waals surface area (Å²) in [7, 11) is 0. The van der Waals surface area contributed by atoms with Gasteiger partial charge in [0.2, 0.25) is 5.78 Å². The molecule has 0 saturated carbocycles. The lowest BCUT2D eigenvalue weighted by Crippen LogP contribution is -2.17. The molecular weight excluding hydrogens is 366 g/mol. The van der Waals surface area contributed by atoms with Crippen LogP contribution >= 0.6 is 11.6 Å². The summed E-state index contributed by atoms with van der Waals surface area (Å²) in [5.74, 6) is 0.00796. The van der Waals surface area contributed by atoms with Crippen molar-refractivity contribution in [3.63, 3.8) is 0 Å². The molecule has 2 heterocycles. The number of carbonyl (C=O) groups excluding carboxylic acids is 1. The number of benzene rings is 2. The average molecular weight is 382 g/mol. The van der Waals surface area contributed by atoms with Crippen LogP contribution in [0.1, 0.15) is 6.92 Å². The van der Waals surface area contributed by atoms with E-state index in [4.69, 9.17) is 16.3 Å². The molecule has 0 fully saturated rings. The summed E-state index contributed by atoms with van der Waals surface area (Å²) >= 11 is 5.95. The Morgan fingerprint density at radius 1 is 1.11 bits per heavy atom. The van der Waals surface area contributed by atoms with Crippen LogP contribution < -0.4 is 5.56 Å². The highest BCUT2D eigenvalue weighted by atomic mass is 35.5. The van der Waals surface area contributed by atoms with Crippen LogP contribution in [-0.2, 0) is 16.1 Å². The van der Waals surface area contributed by atoms with E-state index in [1.165, 1.54) is 10.5 Å². The molecule has 0 N–H and O–H groups in total. The molecule has 0 saturated heterocycles. The van der Waals surface area contributed by atoms with E-state index in [9.17, 15) is 9.59 Å². The number of aromatic nitrogens is 3. The molecule has 0 aliphatic carbocycles. The number of carbonyl (C=O) groups is 1. The van der Waals surface area contributed by atoms with E-state index in [0.717, 1.165) is 11.1 Å². The lowest BCUT2D eigenvalue weighted by molar-refractivity contribution is -0.143.